The second kappa shape index (κ2) is 8.82. The molecule has 1 amide bonds. The van der Waals surface area contributed by atoms with Crippen molar-refractivity contribution in [2.75, 3.05) is 26.2 Å². The Balaban J connectivity index is 0.00000225. The topological polar surface area (TPSA) is 49.3 Å². The number of carbonyl (C=O) groups excluding carboxylic acids is 1. The summed E-state index contributed by atoms with van der Waals surface area (Å²) in [5.74, 6) is -1.23. The Bertz CT molecular complexity index is 697. The number of aromatic nitrogens is 2. The fourth-order valence-electron chi connectivity index (χ4n) is 2.88. The first-order valence-electron chi connectivity index (χ1n) is 7.83. The fraction of sp³-hybridized carbons (Fsp3) is 0.353. The molecular formula is C17H19ClF2N4O. The van der Waals surface area contributed by atoms with Gasteiger partial charge in [-0.05, 0) is 24.1 Å². The summed E-state index contributed by atoms with van der Waals surface area (Å²) in [7, 11) is 0. The van der Waals surface area contributed by atoms with Crippen molar-refractivity contribution < 1.29 is 13.6 Å². The zero-order chi connectivity index (χ0) is 16.9. The molecule has 1 aliphatic rings. The quantitative estimate of drug-likeness (QED) is 0.835. The van der Waals surface area contributed by atoms with Crippen LogP contribution in [0.4, 0.5) is 8.78 Å². The zero-order valence-corrected chi connectivity index (χ0v) is 14.4. The normalized spacial score (nSPS) is 15.4. The first-order chi connectivity index (χ1) is 11.6. The van der Waals surface area contributed by atoms with Crippen LogP contribution >= 0.6 is 12.4 Å². The van der Waals surface area contributed by atoms with Crippen LogP contribution in [0.2, 0.25) is 0 Å². The van der Waals surface area contributed by atoms with Gasteiger partial charge >= 0.3 is 0 Å². The van der Waals surface area contributed by atoms with E-state index in [0.29, 0.717) is 37.3 Å². The van der Waals surface area contributed by atoms with E-state index in [-0.39, 0.29) is 18.3 Å². The maximum atomic E-state index is 13.3. The molecule has 3 rings (SSSR count). The van der Waals surface area contributed by atoms with Crippen LogP contribution in [0.3, 0.4) is 0 Å². The van der Waals surface area contributed by atoms with Gasteiger partial charge in [-0.25, -0.2) is 18.7 Å². The van der Waals surface area contributed by atoms with Crippen molar-refractivity contribution >= 4 is 18.3 Å². The van der Waals surface area contributed by atoms with Crippen LogP contribution in [-0.2, 0) is 6.54 Å². The van der Waals surface area contributed by atoms with Crippen molar-refractivity contribution in [2.24, 2.45) is 0 Å². The monoisotopic (exact) mass is 368 g/mol. The Labute approximate surface area is 151 Å². The Hall–Kier alpha value is -2.12. The average molecular weight is 369 g/mol. The molecule has 1 fully saturated rings. The molecule has 0 unspecified atom stereocenters. The van der Waals surface area contributed by atoms with E-state index >= 15 is 0 Å². The molecule has 1 aliphatic heterocycles. The minimum Gasteiger partial charge on any atom is -0.337 e. The smallest absolute Gasteiger partial charge is 0.257 e. The predicted molar refractivity (Wildman–Crippen MR) is 91.4 cm³/mol. The molecular weight excluding hydrogens is 350 g/mol. The maximum Gasteiger partial charge on any atom is 0.257 e. The lowest BCUT2D eigenvalue weighted by Gasteiger charge is -2.22. The number of hydrogen-bond acceptors (Lipinski definition) is 4. The summed E-state index contributed by atoms with van der Waals surface area (Å²) in [4.78, 5) is 24.0. The minimum absolute atomic E-state index is 0. The third-order valence-corrected chi connectivity index (χ3v) is 4.01. The zero-order valence-electron chi connectivity index (χ0n) is 13.6. The second-order valence-corrected chi connectivity index (χ2v) is 5.83. The molecule has 0 radical (unpaired) electrons. The highest BCUT2D eigenvalue weighted by Crippen LogP contribution is 2.13. The Morgan fingerprint density at radius 3 is 2.36 bits per heavy atom. The van der Waals surface area contributed by atoms with Gasteiger partial charge in [-0.2, -0.15) is 0 Å². The van der Waals surface area contributed by atoms with Gasteiger partial charge in [0, 0.05) is 51.2 Å². The number of rotatable bonds is 3. The summed E-state index contributed by atoms with van der Waals surface area (Å²) in [6, 6.07) is 3.56. The van der Waals surface area contributed by atoms with Crippen molar-refractivity contribution in [3.8, 4) is 0 Å². The third-order valence-electron chi connectivity index (χ3n) is 4.01. The predicted octanol–water partition coefficient (Wildman–Crippen LogP) is 2.52. The summed E-state index contributed by atoms with van der Waals surface area (Å²) in [5.41, 5.74) is 1.07. The summed E-state index contributed by atoms with van der Waals surface area (Å²) in [5, 5.41) is 0. The van der Waals surface area contributed by atoms with Gasteiger partial charge in [-0.15, -0.1) is 12.4 Å². The van der Waals surface area contributed by atoms with Crippen LogP contribution in [-0.4, -0.2) is 51.9 Å². The van der Waals surface area contributed by atoms with E-state index < -0.39 is 11.6 Å². The molecule has 134 valence electrons. The molecule has 0 atom stereocenters. The number of halogens is 3. The van der Waals surface area contributed by atoms with Gasteiger partial charge in [0.05, 0.1) is 5.56 Å². The molecule has 1 saturated heterocycles. The lowest BCUT2D eigenvalue weighted by atomic mass is 10.2. The maximum absolute atomic E-state index is 13.3. The Morgan fingerprint density at radius 2 is 1.68 bits per heavy atom. The van der Waals surface area contributed by atoms with E-state index in [9.17, 15) is 13.6 Å². The van der Waals surface area contributed by atoms with Crippen molar-refractivity contribution in [1.82, 2.24) is 19.8 Å². The number of nitrogens with zero attached hydrogens (tertiary/aromatic N) is 4. The third kappa shape index (κ3) is 5.17. The lowest BCUT2D eigenvalue weighted by Crippen LogP contribution is -2.35. The molecule has 25 heavy (non-hydrogen) atoms. The molecule has 1 aromatic carbocycles. The van der Waals surface area contributed by atoms with E-state index in [2.05, 4.69) is 14.9 Å². The highest BCUT2D eigenvalue weighted by atomic mass is 35.5. The highest BCUT2D eigenvalue weighted by molar-refractivity contribution is 5.93. The standard InChI is InChI=1S/C17H18F2N4O.ClH/c18-15-6-13(7-16(19)8-15)11-22-2-1-3-23(5-4-22)17(24)14-9-20-12-21-10-14;/h6-10,12H,1-5,11H2;1H. The SMILES string of the molecule is Cl.O=C(c1cncnc1)N1CCCN(Cc2cc(F)cc(F)c2)CC1. The van der Waals surface area contributed by atoms with Gasteiger partial charge in [-0.1, -0.05) is 0 Å². The van der Waals surface area contributed by atoms with Crippen LogP contribution in [0.25, 0.3) is 0 Å². The summed E-state index contributed by atoms with van der Waals surface area (Å²) >= 11 is 0. The van der Waals surface area contributed by atoms with Gasteiger partial charge in [0.15, 0.2) is 0 Å². The van der Waals surface area contributed by atoms with Gasteiger partial charge in [0.25, 0.3) is 5.91 Å². The largest absolute Gasteiger partial charge is 0.337 e. The highest BCUT2D eigenvalue weighted by Gasteiger charge is 2.20. The van der Waals surface area contributed by atoms with Crippen LogP contribution < -0.4 is 0 Å². The molecule has 0 aliphatic carbocycles. The van der Waals surface area contributed by atoms with Crippen molar-refractivity contribution in [3.63, 3.8) is 0 Å². The van der Waals surface area contributed by atoms with Crippen molar-refractivity contribution in [1.29, 1.82) is 0 Å². The van der Waals surface area contributed by atoms with Crippen molar-refractivity contribution in [3.05, 3.63) is 59.7 Å². The molecule has 2 aromatic rings. The molecule has 0 spiro atoms. The second-order valence-electron chi connectivity index (χ2n) is 5.83. The van der Waals surface area contributed by atoms with Gasteiger partial charge in [-0.3, -0.25) is 9.69 Å². The summed E-state index contributed by atoms with van der Waals surface area (Å²) < 4.78 is 26.6. The Morgan fingerprint density at radius 1 is 1.00 bits per heavy atom. The van der Waals surface area contributed by atoms with Crippen LogP contribution in [0.15, 0.2) is 36.9 Å². The van der Waals surface area contributed by atoms with Crippen LogP contribution in [0.1, 0.15) is 22.3 Å². The van der Waals surface area contributed by atoms with Gasteiger partial charge < -0.3 is 4.90 Å². The van der Waals surface area contributed by atoms with E-state index in [1.807, 2.05) is 0 Å². The molecule has 2 heterocycles. The Kier molecular flexibility index (Phi) is 6.78. The van der Waals surface area contributed by atoms with E-state index in [1.54, 1.807) is 4.90 Å². The molecule has 8 heteroatoms. The lowest BCUT2D eigenvalue weighted by molar-refractivity contribution is 0.0760. The number of benzene rings is 1. The molecule has 0 N–H and O–H groups in total. The fourth-order valence-corrected chi connectivity index (χ4v) is 2.88. The number of amides is 1. The van der Waals surface area contributed by atoms with Crippen molar-refractivity contribution in [2.45, 2.75) is 13.0 Å². The molecule has 0 saturated carbocycles. The average Bonchev–Trinajstić information content (AvgIpc) is 2.80. The summed E-state index contributed by atoms with van der Waals surface area (Å²) in [6.45, 7) is 3.09. The molecule has 5 nitrogen and oxygen atoms in total. The minimum atomic E-state index is -0.569. The van der Waals surface area contributed by atoms with E-state index in [1.165, 1.54) is 30.9 Å². The first-order valence-corrected chi connectivity index (χ1v) is 7.83. The van der Waals surface area contributed by atoms with E-state index in [4.69, 9.17) is 0 Å². The van der Waals surface area contributed by atoms with E-state index in [0.717, 1.165) is 19.0 Å². The van der Waals surface area contributed by atoms with Crippen LogP contribution in [0.5, 0.6) is 0 Å². The number of hydrogen-bond donors (Lipinski definition) is 0. The summed E-state index contributed by atoms with van der Waals surface area (Å²) in [6.07, 6.45) is 5.21. The van der Waals surface area contributed by atoms with Gasteiger partial charge in [0.2, 0.25) is 0 Å². The van der Waals surface area contributed by atoms with Crippen LogP contribution in [0, 0.1) is 11.6 Å². The van der Waals surface area contributed by atoms with Gasteiger partial charge in [0.1, 0.15) is 18.0 Å². The molecule has 0 bridgehead atoms. The molecule has 1 aromatic heterocycles. The number of carbonyl (C=O) groups is 1. The first kappa shape index (κ1) is 19.2.